The first kappa shape index (κ1) is 20.1. The summed E-state index contributed by atoms with van der Waals surface area (Å²) >= 11 is 0. The van der Waals surface area contributed by atoms with Crippen molar-refractivity contribution < 1.29 is 13.9 Å². The molecule has 2 aromatic heterocycles. The van der Waals surface area contributed by atoms with Crippen molar-refractivity contribution in [2.24, 2.45) is 5.92 Å². The van der Waals surface area contributed by atoms with Gasteiger partial charge in [0.05, 0.1) is 18.0 Å². The molecule has 2 aromatic carbocycles. The van der Waals surface area contributed by atoms with Gasteiger partial charge in [0.2, 0.25) is 5.88 Å². The van der Waals surface area contributed by atoms with E-state index >= 15 is 0 Å². The summed E-state index contributed by atoms with van der Waals surface area (Å²) in [4.78, 5) is 12.4. The number of hydrogen-bond acceptors (Lipinski definition) is 5. The van der Waals surface area contributed by atoms with Crippen molar-refractivity contribution in [2.75, 3.05) is 6.61 Å². The van der Waals surface area contributed by atoms with E-state index in [-0.39, 0.29) is 17.5 Å². The molecule has 4 aromatic rings. The molecule has 33 heavy (non-hydrogen) atoms. The first-order valence-electron chi connectivity index (χ1n) is 11.3. The van der Waals surface area contributed by atoms with Gasteiger partial charge in [0.1, 0.15) is 16.9 Å². The Hall–Kier alpha value is -3.54. The van der Waals surface area contributed by atoms with Gasteiger partial charge in [0.25, 0.3) is 0 Å². The zero-order valence-electron chi connectivity index (χ0n) is 19.4. The minimum absolute atomic E-state index is 0.0308. The number of fused-ring (bicyclic) bond motifs is 7. The summed E-state index contributed by atoms with van der Waals surface area (Å²) in [7, 11) is 0. The highest BCUT2D eigenvalue weighted by Gasteiger charge is 2.51. The second kappa shape index (κ2) is 6.73. The fourth-order valence-corrected chi connectivity index (χ4v) is 5.39. The highest BCUT2D eigenvalue weighted by atomic mass is 16.5. The van der Waals surface area contributed by atoms with E-state index in [9.17, 15) is 4.79 Å². The molecule has 6 rings (SSSR count). The van der Waals surface area contributed by atoms with E-state index in [4.69, 9.17) is 19.0 Å². The molecule has 0 spiro atoms. The van der Waals surface area contributed by atoms with Crippen LogP contribution in [-0.2, 0) is 0 Å². The van der Waals surface area contributed by atoms with Crippen LogP contribution < -0.4 is 15.1 Å². The van der Waals surface area contributed by atoms with Crippen LogP contribution in [0.25, 0.3) is 16.7 Å². The number of aromatic nitrogens is 2. The average molecular weight is 443 g/mol. The van der Waals surface area contributed by atoms with Gasteiger partial charge < -0.3 is 13.9 Å². The van der Waals surface area contributed by atoms with E-state index in [1.54, 1.807) is 0 Å². The molecule has 2 aliphatic heterocycles. The van der Waals surface area contributed by atoms with Crippen LogP contribution in [0.15, 0.2) is 51.7 Å². The van der Waals surface area contributed by atoms with E-state index in [2.05, 4.69) is 45.0 Å². The monoisotopic (exact) mass is 442 g/mol. The van der Waals surface area contributed by atoms with Gasteiger partial charge in [-0.25, -0.2) is 9.48 Å². The van der Waals surface area contributed by atoms with Gasteiger partial charge in [-0.05, 0) is 64.4 Å². The Morgan fingerprint density at radius 3 is 2.55 bits per heavy atom. The molecule has 0 N–H and O–H groups in total. The van der Waals surface area contributed by atoms with Crippen molar-refractivity contribution in [3.05, 3.63) is 80.8 Å². The van der Waals surface area contributed by atoms with Crippen LogP contribution in [-0.4, -0.2) is 22.0 Å². The fourth-order valence-electron chi connectivity index (χ4n) is 5.39. The molecule has 0 bridgehead atoms. The smallest absolute Gasteiger partial charge is 0.336 e. The molecule has 0 aliphatic carbocycles. The normalized spacial score (nSPS) is 20.4. The predicted molar refractivity (Wildman–Crippen MR) is 126 cm³/mol. The predicted octanol–water partition coefficient (Wildman–Crippen LogP) is 5.22. The maximum absolute atomic E-state index is 12.4. The van der Waals surface area contributed by atoms with Gasteiger partial charge in [-0.15, -0.1) is 0 Å². The van der Waals surface area contributed by atoms with Gasteiger partial charge >= 0.3 is 5.63 Å². The third kappa shape index (κ3) is 2.86. The lowest BCUT2D eigenvalue weighted by molar-refractivity contribution is -0.0184. The largest absolute Gasteiger partial charge is 0.493 e. The maximum Gasteiger partial charge on any atom is 0.336 e. The van der Waals surface area contributed by atoms with E-state index in [1.807, 2.05) is 30.7 Å². The van der Waals surface area contributed by atoms with E-state index < -0.39 is 5.60 Å². The van der Waals surface area contributed by atoms with Crippen LogP contribution >= 0.6 is 0 Å². The van der Waals surface area contributed by atoms with Gasteiger partial charge in [-0.2, -0.15) is 5.10 Å². The highest BCUT2D eigenvalue weighted by Crippen LogP contribution is 2.55. The van der Waals surface area contributed by atoms with Crippen LogP contribution in [0.5, 0.6) is 11.6 Å². The first-order valence-corrected chi connectivity index (χ1v) is 11.3. The number of aryl methyl sites for hydroxylation is 3. The fraction of sp³-hybridized carbons (Fsp3) is 0.333. The quantitative estimate of drug-likeness (QED) is 0.378. The van der Waals surface area contributed by atoms with Crippen molar-refractivity contribution in [3.8, 4) is 17.3 Å². The van der Waals surface area contributed by atoms with Gasteiger partial charge in [0, 0.05) is 34.4 Å². The van der Waals surface area contributed by atoms with Gasteiger partial charge in [0.15, 0.2) is 0 Å². The van der Waals surface area contributed by atoms with Crippen molar-refractivity contribution in [1.29, 1.82) is 0 Å². The summed E-state index contributed by atoms with van der Waals surface area (Å²) < 4.78 is 20.5. The molecule has 2 aliphatic rings. The number of benzene rings is 2. The molecule has 0 unspecified atom stereocenters. The zero-order valence-corrected chi connectivity index (χ0v) is 19.4. The number of rotatable bonds is 1. The van der Waals surface area contributed by atoms with Crippen LogP contribution in [0.1, 0.15) is 47.7 Å². The number of nitrogens with zero attached hydrogens (tertiary/aromatic N) is 2. The molecule has 4 heterocycles. The van der Waals surface area contributed by atoms with E-state index in [0.29, 0.717) is 12.2 Å². The minimum atomic E-state index is -0.517. The van der Waals surface area contributed by atoms with Crippen LogP contribution in [0.4, 0.5) is 0 Å². The molecule has 6 nitrogen and oxygen atoms in total. The highest BCUT2D eigenvalue weighted by molar-refractivity contribution is 5.86. The first-order chi connectivity index (χ1) is 15.7. The van der Waals surface area contributed by atoms with E-state index in [1.165, 1.54) is 11.6 Å². The Kier molecular flexibility index (Phi) is 4.10. The lowest BCUT2D eigenvalue weighted by Crippen LogP contribution is -2.49. The molecular weight excluding hydrogens is 416 g/mol. The Morgan fingerprint density at radius 1 is 1.03 bits per heavy atom. The topological polar surface area (TPSA) is 66.5 Å². The molecule has 2 atom stereocenters. The standard InChI is InChI=1S/C27H26N2O4/c1-14-6-8-17(9-7-14)29-26-22(16(3)28-29)23-19(27(4,5)33-26)13-31-20-11-10-18-15(2)12-21(30)32-25(18)24(20)23/h6-12,19,23H,13H2,1-5H3/t19-,23+/m1/s1. The van der Waals surface area contributed by atoms with Crippen molar-refractivity contribution >= 4 is 11.0 Å². The summed E-state index contributed by atoms with van der Waals surface area (Å²) in [5.41, 5.74) is 5.60. The SMILES string of the molecule is Cc1ccc(-n2nc(C)c3c2OC(C)(C)[C@@H]2COc4ccc5c(C)cc(=O)oc5c4[C@H]32)cc1. The molecule has 0 fully saturated rings. The molecule has 0 radical (unpaired) electrons. The van der Waals surface area contributed by atoms with Crippen molar-refractivity contribution in [1.82, 2.24) is 9.78 Å². The third-order valence-electron chi connectivity index (χ3n) is 7.15. The lowest BCUT2D eigenvalue weighted by Gasteiger charge is -2.46. The summed E-state index contributed by atoms with van der Waals surface area (Å²) in [5.74, 6) is 1.45. The lowest BCUT2D eigenvalue weighted by atomic mass is 9.70. The summed E-state index contributed by atoms with van der Waals surface area (Å²) in [6.45, 7) is 10.7. The summed E-state index contributed by atoms with van der Waals surface area (Å²) in [5, 5.41) is 5.82. The van der Waals surface area contributed by atoms with Gasteiger partial charge in [-0.1, -0.05) is 17.7 Å². The van der Waals surface area contributed by atoms with Crippen LogP contribution in [0.3, 0.4) is 0 Å². The summed E-state index contributed by atoms with van der Waals surface area (Å²) in [6, 6.07) is 13.8. The average Bonchev–Trinajstić information content (AvgIpc) is 3.08. The molecule has 168 valence electrons. The Morgan fingerprint density at radius 2 is 1.79 bits per heavy atom. The second-order valence-electron chi connectivity index (χ2n) is 9.75. The second-order valence-corrected chi connectivity index (χ2v) is 9.75. The number of hydrogen-bond donors (Lipinski definition) is 0. The molecule has 0 saturated carbocycles. The molecule has 0 amide bonds. The Bertz CT molecular complexity index is 1480. The maximum atomic E-state index is 12.4. The Labute approximate surface area is 191 Å². The van der Waals surface area contributed by atoms with Crippen LogP contribution in [0, 0.1) is 26.7 Å². The third-order valence-corrected chi connectivity index (χ3v) is 7.15. The zero-order chi connectivity index (χ0) is 23.1. The molecular formula is C27H26N2O4. The Balaban J connectivity index is 1.67. The van der Waals surface area contributed by atoms with Gasteiger partial charge in [-0.3, -0.25) is 0 Å². The number of ether oxygens (including phenoxy) is 2. The van der Waals surface area contributed by atoms with Crippen molar-refractivity contribution in [2.45, 2.75) is 46.1 Å². The molecule has 6 heteroatoms. The van der Waals surface area contributed by atoms with E-state index in [0.717, 1.165) is 45.1 Å². The summed E-state index contributed by atoms with van der Waals surface area (Å²) in [6.07, 6.45) is 0. The van der Waals surface area contributed by atoms with Crippen LogP contribution in [0.2, 0.25) is 0 Å². The molecule has 0 saturated heterocycles. The minimum Gasteiger partial charge on any atom is -0.493 e. The van der Waals surface area contributed by atoms with Crippen molar-refractivity contribution in [3.63, 3.8) is 0 Å².